The number of nitrogens with one attached hydrogen (secondary N) is 2. The normalized spacial score (nSPS) is 18.4. The van der Waals surface area contributed by atoms with Crippen LogP contribution in [0.3, 0.4) is 0 Å². The van der Waals surface area contributed by atoms with Gasteiger partial charge in [0.15, 0.2) is 5.96 Å². The zero-order chi connectivity index (χ0) is 18.9. The summed E-state index contributed by atoms with van der Waals surface area (Å²) in [6.45, 7) is 17.1. The first-order chi connectivity index (χ1) is 12.5. The van der Waals surface area contributed by atoms with Crippen LogP contribution in [-0.2, 0) is 11.2 Å². The lowest BCUT2D eigenvalue weighted by atomic mass is 10.2. The third-order valence-electron chi connectivity index (χ3n) is 4.29. The van der Waals surface area contributed by atoms with Crippen molar-refractivity contribution in [3.63, 3.8) is 0 Å². The summed E-state index contributed by atoms with van der Waals surface area (Å²) < 4.78 is 5.90. The number of nitrogens with zero attached hydrogens (tertiary/aromatic N) is 3. The van der Waals surface area contributed by atoms with E-state index in [-0.39, 0.29) is 30.1 Å². The zero-order valence-electron chi connectivity index (χ0n) is 17.4. The van der Waals surface area contributed by atoms with E-state index in [4.69, 9.17) is 9.73 Å². The predicted octanol–water partition coefficient (Wildman–Crippen LogP) is 2.83. The molecule has 1 aromatic heterocycles. The lowest BCUT2D eigenvalue weighted by Crippen LogP contribution is -2.46. The van der Waals surface area contributed by atoms with Crippen LogP contribution in [0.4, 0.5) is 0 Å². The second-order valence-electron chi connectivity index (χ2n) is 7.28. The van der Waals surface area contributed by atoms with Gasteiger partial charge in [-0.2, -0.15) is 0 Å². The summed E-state index contributed by atoms with van der Waals surface area (Å²) in [6.07, 6.45) is 1.16. The van der Waals surface area contributed by atoms with Gasteiger partial charge in [-0.25, -0.2) is 4.98 Å². The van der Waals surface area contributed by atoms with E-state index >= 15 is 0 Å². The van der Waals surface area contributed by atoms with Crippen LogP contribution in [0.1, 0.15) is 36.3 Å². The Labute approximate surface area is 185 Å². The van der Waals surface area contributed by atoms with Crippen LogP contribution >= 0.6 is 35.3 Å². The monoisotopic (exact) mass is 509 g/mol. The Morgan fingerprint density at radius 3 is 2.78 bits per heavy atom. The number of guanidine groups is 1. The third-order valence-corrected chi connectivity index (χ3v) is 5.42. The number of hydrogen-bond donors (Lipinski definition) is 2. The molecule has 2 rings (SSSR count). The van der Waals surface area contributed by atoms with Gasteiger partial charge >= 0.3 is 0 Å². The zero-order valence-corrected chi connectivity index (χ0v) is 20.5. The number of morpholine rings is 1. The van der Waals surface area contributed by atoms with Crippen molar-refractivity contribution < 1.29 is 4.74 Å². The van der Waals surface area contributed by atoms with Gasteiger partial charge in [0.25, 0.3) is 0 Å². The number of aryl methyl sites for hydroxylation is 2. The fraction of sp³-hybridized carbons (Fsp3) is 0.789. The summed E-state index contributed by atoms with van der Waals surface area (Å²) >= 11 is 1.78. The summed E-state index contributed by atoms with van der Waals surface area (Å²) in [5.41, 5.74) is 1.15. The van der Waals surface area contributed by atoms with Crippen LogP contribution in [0.5, 0.6) is 0 Å². The predicted molar refractivity (Wildman–Crippen MR) is 126 cm³/mol. The van der Waals surface area contributed by atoms with Crippen molar-refractivity contribution in [2.45, 2.75) is 47.1 Å². The maximum Gasteiger partial charge on any atom is 0.191 e. The molecule has 1 aliphatic rings. The van der Waals surface area contributed by atoms with Crippen molar-refractivity contribution in [3.05, 3.63) is 15.6 Å². The number of halogens is 1. The standard InChI is InChI=1S/C19H35N5OS.HI/c1-6-20-19(21-8-7-18-15(4)23-16(5)26-18)22-11-17-13-24(9-10-25-17)12-14(2)3;/h14,17H,6-13H2,1-5H3,(H2,20,21,22);1H. The third kappa shape index (κ3) is 9.06. The highest BCUT2D eigenvalue weighted by Gasteiger charge is 2.20. The van der Waals surface area contributed by atoms with Gasteiger partial charge in [0, 0.05) is 44.0 Å². The number of rotatable bonds is 8. The molecule has 0 aliphatic carbocycles. The van der Waals surface area contributed by atoms with Gasteiger partial charge in [-0.15, -0.1) is 35.3 Å². The van der Waals surface area contributed by atoms with Crippen molar-refractivity contribution in [3.8, 4) is 0 Å². The van der Waals surface area contributed by atoms with Gasteiger partial charge in [-0.3, -0.25) is 9.89 Å². The molecule has 1 aromatic rings. The molecule has 27 heavy (non-hydrogen) atoms. The summed E-state index contributed by atoms with van der Waals surface area (Å²) in [4.78, 5) is 13.1. The van der Waals surface area contributed by atoms with Crippen molar-refractivity contribution >= 4 is 41.3 Å². The van der Waals surface area contributed by atoms with E-state index in [0.717, 1.165) is 62.4 Å². The Morgan fingerprint density at radius 2 is 2.15 bits per heavy atom. The lowest BCUT2D eigenvalue weighted by molar-refractivity contribution is -0.0261. The number of aliphatic imine (C=N–C) groups is 1. The van der Waals surface area contributed by atoms with Crippen LogP contribution in [0.15, 0.2) is 4.99 Å². The van der Waals surface area contributed by atoms with Crippen molar-refractivity contribution in [1.29, 1.82) is 0 Å². The molecular weight excluding hydrogens is 473 g/mol. The highest BCUT2D eigenvalue weighted by atomic mass is 127. The maximum absolute atomic E-state index is 5.90. The van der Waals surface area contributed by atoms with Crippen LogP contribution in [0.2, 0.25) is 0 Å². The summed E-state index contributed by atoms with van der Waals surface area (Å²) in [6, 6.07) is 0. The molecule has 2 heterocycles. The highest BCUT2D eigenvalue weighted by molar-refractivity contribution is 14.0. The fourth-order valence-corrected chi connectivity index (χ4v) is 4.14. The van der Waals surface area contributed by atoms with Crippen LogP contribution in [0.25, 0.3) is 0 Å². The van der Waals surface area contributed by atoms with E-state index in [0.29, 0.717) is 12.5 Å². The second kappa shape index (κ2) is 12.9. The molecule has 0 radical (unpaired) electrons. The van der Waals surface area contributed by atoms with Crippen molar-refractivity contribution in [2.75, 3.05) is 45.9 Å². The van der Waals surface area contributed by atoms with Gasteiger partial charge in [0.2, 0.25) is 0 Å². The van der Waals surface area contributed by atoms with E-state index < -0.39 is 0 Å². The van der Waals surface area contributed by atoms with Crippen molar-refractivity contribution in [2.24, 2.45) is 10.9 Å². The molecule has 1 atom stereocenters. The molecule has 0 amide bonds. The Kier molecular flexibility index (Phi) is 11.7. The lowest BCUT2D eigenvalue weighted by Gasteiger charge is -2.33. The topological polar surface area (TPSA) is 61.8 Å². The Balaban J connectivity index is 0.00000364. The first-order valence-electron chi connectivity index (χ1n) is 9.77. The molecule has 0 aromatic carbocycles. The number of thiazole rings is 1. The Morgan fingerprint density at radius 1 is 1.37 bits per heavy atom. The summed E-state index contributed by atoms with van der Waals surface area (Å²) in [7, 11) is 0. The molecular formula is C19H36IN5OS. The molecule has 1 unspecified atom stereocenters. The largest absolute Gasteiger partial charge is 0.374 e. The minimum absolute atomic E-state index is 0. The van der Waals surface area contributed by atoms with E-state index in [1.165, 1.54) is 4.88 Å². The average Bonchev–Trinajstić information content (AvgIpc) is 2.90. The quantitative estimate of drug-likeness (QED) is 0.321. The number of hydrogen-bond acceptors (Lipinski definition) is 5. The van der Waals surface area contributed by atoms with Crippen molar-refractivity contribution in [1.82, 2.24) is 20.5 Å². The molecule has 1 saturated heterocycles. The molecule has 2 N–H and O–H groups in total. The van der Waals surface area contributed by atoms with Gasteiger partial charge in [0.05, 0.1) is 30.0 Å². The molecule has 8 heteroatoms. The Bertz CT molecular complexity index is 578. The molecule has 1 aliphatic heterocycles. The molecule has 0 bridgehead atoms. The van der Waals surface area contributed by atoms with Gasteiger partial charge < -0.3 is 15.4 Å². The number of aromatic nitrogens is 1. The fourth-order valence-electron chi connectivity index (χ4n) is 3.21. The Hall–Kier alpha value is -0.450. The SMILES string of the molecule is CCNC(=NCC1CN(CC(C)C)CCO1)NCCc1sc(C)nc1C.I. The van der Waals surface area contributed by atoms with E-state index in [1.54, 1.807) is 11.3 Å². The first kappa shape index (κ1) is 24.6. The molecule has 0 spiro atoms. The minimum atomic E-state index is 0. The molecule has 156 valence electrons. The van der Waals surface area contributed by atoms with Crippen LogP contribution in [0, 0.1) is 19.8 Å². The molecule has 1 fully saturated rings. The van der Waals surface area contributed by atoms with E-state index in [1.807, 2.05) is 0 Å². The van der Waals surface area contributed by atoms with Gasteiger partial charge in [0.1, 0.15) is 0 Å². The highest BCUT2D eigenvalue weighted by Crippen LogP contribution is 2.17. The van der Waals surface area contributed by atoms with Crippen LogP contribution < -0.4 is 10.6 Å². The number of ether oxygens (including phenoxy) is 1. The van der Waals surface area contributed by atoms with E-state index in [2.05, 4.69) is 55.1 Å². The summed E-state index contributed by atoms with van der Waals surface area (Å²) in [5, 5.41) is 7.90. The smallest absolute Gasteiger partial charge is 0.191 e. The van der Waals surface area contributed by atoms with E-state index in [9.17, 15) is 0 Å². The first-order valence-corrected chi connectivity index (χ1v) is 10.6. The maximum atomic E-state index is 5.90. The molecule has 0 saturated carbocycles. The average molecular weight is 510 g/mol. The second-order valence-corrected chi connectivity index (χ2v) is 8.57. The van der Waals surface area contributed by atoms with Gasteiger partial charge in [-0.05, 0) is 26.7 Å². The minimum Gasteiger partial charge on any atom is -0.374 e. The summed E-state index contributed by atoms with van der Waals surface area (Å²) in [5.74, 6) is 1.56. The molecule has 6 nitrogen and oxygen atoms in total. The van der Waals surface area contributed by atoms with Gasteiger partial charge in [-0.1, -0.05) is 13.8 Å². The van der Waals surface area contributed by atoms with Crippen LogP contribution in [-0.4, -0.2) is 67.8 Å².